The average Bonchev–Trinajstić information content (AvgIpc) is 2.79. The molecule has 3 rings (SSSR count). The van der Waals surface area contributed by atoms with Crippen molar-refractivity contribution in [1.29, 1.82) is 0 Å². The minimum atomic E-state index is 1.07. The maximum Gasteiger partial charge on any atom is 0.0379 e. The van der Waals surface area contributed by atoms with E-state index < -0.39 is 0 Å². The lowest BCUT2D eigenvalue weighted by atomic mass is 10.0. The quantitative estimate of drug-likeness (QED) is 0.820. The van der Waals surface area contributed by atoms with Gasteiger partial charge in [0, 0.05) is 16.7 Å². The van der Waals surface area contributed by atoms with Gasteiger partial charge in [-0.05, 0) is 47.7 Å². The Labute approximate surface area is 110 Å². The minimum Gasteiger partial charge on any atom is -0.384 e. The van der Waals surface area contributed by atoms with Crippen molar-refractivity contribution in [2.45, 2.75) is 13.3 Å². The van der Waals surface area contributed by atoms with Crippen molar-refractivity contribution in [3.63, 3.8) is 0 Å². The van der Waals surface area contributed by atoms with Gasteiger partial charge < -0.3 is 5.32 Å². The van der Waals surface area contributed by atoms with Crippen molar-refractivity contribution in [2.24, 2.45) is 0 Å². The summed E-state index contributed by atoms with van der Waals surface area (Å²) in [7, 11) is 0. The first-order chi connectivity index (χ1) is 8.24. The molecule has 0 radical (unpaired) electrons. The molecule has 2 heteroatoms. The molecule has 0 aromatic heterocycles. The van der Waals surface area contributed by atoms with E-state index in [2.05, 4.69) is 64.6 Å². The summed E-state index contributed by atoms with van der Waals surface area (Å²) in [5.74, 6) is 0. The Kier molecular flexibility index (Phi) is 2.67. The molecular formula is C15H14BrN. The highest BCUT2D eigenvalue weighted by Crippen LogP contribution is 2.30. The molecule has 0 amide bonds. The Morgan fingerprint density at radius 2 is 1.82 bits per heavy atom. The lowest BCUT2D eigenvalue weighted by Gasteiger charge is -2.07. The van der Waals surface area contributed by atoms with E-state index in [1.165, 1.54) is 32.4 Å². The standard InChI is InChI=1S/C15H14BrN/c1-10-2-3-12(8-14(10)16)13-5-4-11-6-7-17-15(11)9-13/h2-5,8-9,17H,6-7H2,1H3. The maximum absolute atomic E-state index is 3.59. The Morgan fingerprint density at radius 3 is 2.65 bits per heavy atom. The van der Waals surface area contributed by atoms with Crippen molar-refractivity contribution >= 4 is 21.6 Å². The van der Waals surface area contributed by atoms with E-state index in [9.17, 15) is 0 Å². The number of nitrogens with one attached hydrogen (secondary N) is 1. The van der Waals surface area contributed by atoms with E-state index in [1.54, 1.807) is 0 Å². The van der Waals surface area contributed by atoms with Gasteiger partial charge in [-0.25, -0.2) is 0 Å². The van der Waals surface area contributed by atoms with Gasteiger partial charge in [0.05, 0.1) is 0 Å². The molecule has 0 aliphatic carbocycles. The van der Waals surface area contributed by atoms with Crippen LogP contribution < -0.4 is 5.32 Å². The van der Waals surface area contributed by atoms with Crippen LogP contribution in [0.4, 0.5) is 5.69 Å². The van der Waals surface area contributed by atoms with Crippen LogP contribution >= 0.6 is 15.9 Å². The Hall–Kier alpha value is -1.28. The highest BCUT2D eigenvalue weighted by atomic mass is 79.9. The van der Waals surface area contributed by atoms with Crippen LogP contribution in [0, 0.1) is 6.92 Å². The van der Waals surface area contributed by atoms with Gasteiger partial charge in [-0.15, -0.1) is 0 Å². The van der Waals surface area contributed by atoms with Gasteiger partial charge in [-0.1, -0.05) is 40.2 Å². The molecule has 1 aliphatic heterocycles. The van der Waals surface area contributed by atoms with Crippen molar-refractivity contribution < 1.29 is 0 Å². The molecule has 0 atom stereocenters. The third kappa shape index (κ3) is 1.98. The minimum absolute atomic E-state index is 1.07. The number of aryl methyl sites for hydroxylation is 1. The van der Waals surface area contributed by atoms with Gasteiger partial charge in [-0.2, -0.15) is 0 Å². The largest absolute Gasteiger partial charge is 0.384 e. The number of hydrogen-bond donors (Lipinski definition) is 1. The Balaban J connectivity index is 2.06. The number of hydrogen-bond acceptors (Lipinski definition) is 1. The predicted octanol–water partition coefficient (Wildman–Crippen LogP) is 4.39. The molecule has 2 aromatic rings. The second-order valence-electron chi connectivity index (χ2n) is 4.51. The number of halogens is 1. The van der Waals surface area contributed by atoms with Crippen molar-refractivity contribution in [3.05, 3.63) is 52.0 Å². The fourth-order valence-electron chi connectivity index (χ4n) is 2.24. The monoisotopic (exact) mass is 287 g/mol. The van der Waals surface area contributed by atoms with Gasteiger partial charge in [0.1, 0.15) is 0 Å². The Morgan fingerprint density at radius 1 is 1.06 bits per heavy atom. The van der Waals surface area contributed by atoms with Crippen molar-refractivity contribution in [3.8, 4) is 11.1 Å². The van der Waals surface area contributed by atoms with E-state index in [0.29, 0.717) is 0 Å². The van der Waals surface area contributed by atoms with Gasteiger partial charge in [0.25, 0.3) is 0 Å². The number of benzene rings is 2. The van der Waals surface area contributed by atoms with Crippen LogP contribution in [-0.2, 0) is 6.42 Å². The summed E-state index contributed by atoms with van der Waals surface area (Å²) in [5.41, 5.74) is 6.53. The van der Waals surface area contributed by atoms with E-state index in [0.717, 1.165) is 13.0 Å². The number of anilines is 1. The SMILES string of the molecule is Cc1ccc(-c2ccc3c(c2)NCC3)cc1Br. The van der Waals surface area contributed by atoms with Gasteiger partial charge in [0.15, 0.2) is 0 Å². The molecule has 1 N–H and O–H groups in total. The second-order valence-corrected chi connectivity index (χ2v) is 5.37. The first-order valence-corrected chi connectivity index (χ1v) is 6.67. The van der Waals surface area contributed by atoms with Crippen LogP contribution in [0.15, 0.2) is 40.9 Å². The molecule has 0 unspecified atom stereocenters. The molecule has 0 saturated carbocycles. The summed E-state index contributed by atoms with van der Waals surface area (Å²) < 4.78 is 1.17. The van der Waals surface area contributed by atoms with Crippen LogP contribution in [0.2, 0.25) is 0 Å². The van der Waals surface area contributed by atoms with E-state index >= 15 is 0 Å². The molecular weight excluding hydrogens is 274 g/mol. The highest BCUT2D eigenvalue weighted by molar-refractivity contribution is 9.10. The van der Waals surface area contributed by atoms with Crippen LogP contribution in [0.5, 0.6) is 0 Å². The summed E-state index contributed by atoms with van der Waals surface area (Å²) in [5, 5.41) is 3.42. The molecule has 0 saturated heterocycles. The summed E-state index contributed by atoms with van der Waals surface area (Å²) >= 11 is 3.59. The molecule has 0 bridgehead atoms. The van der Waals surface area contributed by atoms with E-state index in [1.807, 2.05) is 0 Å². The molecule has 2 aromatic carbocycles. The van der Waals surface area contributed by atoms with E-state index in [4.69, 9.17) is 0 Å². The van der Waals surface area contributed by atoms with Crippen LogP contribution in [0.25, 0.3) is 11.1 Å². The number of rotatable bonds is 1. The lowest BCUT2D eigenvalue weighted by Crippen LogP contribution is -1.91. The lowest BCUT2D eigenvalue weighted by molar-refractivity contribution is 1.11. The summed E-state index contributed by atoms with van der Waals surface area (Å²) in [6.45, 7) is 3.18. The zero-order valence-electron chi connectivity index (χ0n) is 9.76. The summed E-state index contributed by atoms with van der Waals surface area (Å²) in [6, 6.07) is 13.2. The second kappa shape index (κ2) is 4.19. The van der Waals surface area contributed by atoms with Gasteiger partial charge >= 0.3 is 0 Å². The maximum atomic E-state index is 3.59. The summed E-state index contributed by atoms with van der Waals surface area (Å²) in [4.78, 5) is 0. The third-order valence-corrected chi connectivity index (χ3v) is 4.18. The molecule has 0 fully saturated rings. The molecule has 1 aliphatic rings. The number of fused-ring (bicyclic) bond motifs is 1. The molecule has 1 nitrogen and oxygen atoms in total. The van der Waals surface area contributed by atoms with Gasteiger partial charge in [-0.3, -0.25) is 0 Å². The topological polar surface area (TPSA) is 12.0 Å². The first-order valence-electron chi connectivity index (χ1n) is 5.87. The molecule has 17 heavy (non-hydrogen) atoms. The Bertz CT molecular complexity index is 575. The third-order valence-electron chi connectivity index (χ3n) is 3.32. The zero-order chi connectivity index (χ0) is 11.8. The van der Waals surface area contributed by atoms with Crippen LogP contribution in [0.1, 0.15) is 11.1 Å². The van der Waals surface area contributed by atoms with Crippen molar-refractivity contribution in [1.82, 2.24) is 0 Å². The summed E-state index contributed by atoms with van der Waals surface area (Å²) in [6.07, 6.45) is 1.15. The van der Waals surface area contributed by atoms with Crippen LogP contribution in [-0.4, -0.2) is 6.54 Å². The fourth-order valence-corrected chi connectivity index (χ4v) is 2.62. The fraction of sp³-hybridized carbons (Fsp3) is 0.200. The van der Waals surface area contributed by atoms with Crippen molar-refractivity contribution in [2.75, 3.05) is 11.9 Å². The smallest absolute Gasteiger partial charge is 0.0379 e. The highest BCUT2D eigenvalue weighted by Gasteiger charge is 2.10. The molecule has 86 valence electrons. The molecule has 1 heterocycles. The zero-order valence-corrected chi connectivity index (χ0v) is 11.3. The first kappa shape index (κ1) is 10.8. The van der Waals surface area contributed by atoms with Crippen LogP contribution in [0.3, 0.4) is 0 Å². The average molecular weight is 288 g/mol. The van der Waals surface area contributed by atoms with E-state index in [-0.39, 0.29) is 0 Å². The van der Waals surface area contributed by atoms with Gasteiger partial charge in [0.2, 0.25) is 0 Å². The molecule has 0 spiro atoms. The normalized spacial score (nSPS) is 13.3. The predicted molar refractivity (Wildman–Crippen MR) is 76.5 cm³/mol.